The van der Waals surface area contributed by atoms with Crippen molar-refractivity contribution in [1.29, 1.82) is 5.26 Å². The van der Waals surface area contributed by atoms with Crippen LogP contribution in [0.4, 0.5) is 0 Å². The molecule has 0 amide bonds. The summed E-state index contributed by atoms with van der Waals surface area (Å²) in [7, 11) is 0. The van der Waals surface area contributed by atoms with E-state index in [1.165, 1.54) is 25.7 Å². The first kappa shape index (κ1) is 12.7. The van der Waals surface area contributed by atoms with E-state index in [-0.39, 0.29) is 0 Å². The summed E-state index contributed by atoms with van der Waals surface area (Å²) in [5.74, 6) is 0.767. The number of allylic oxidation sites excluding steroid dienone is 2. The second-order valence-electron chi connectivity index (χ2n) is 6.94. The molecule has 0 unspecified atom stereocenters. The molecule has 1 fully saturated rings. The highest BCUT2D eigenvalue weighted by atomic mass is 14.5. The maximum atomic E-state index is 8.81. The van der Waals surface area contributed by atoms with Crippen LogP contribution in [0.5, 0.6) is 0 Å². The zero-order valence-electron chi connectivity index (χ0n) is 11.8. The lowest BCUT2D eigenvalue weighted by Crippen LogP contribution is -2.30. The van der Waals surface area contributed by atoms with Gasteiger partial charge < -0.3 is 0 Å². The largest absolute Gasteiger partial charge is 0.198 e. The van der Waals surface area contributed by atoms with Crippen LogP contribution in [0.25, 0.3) is 0 Å². The molecule has 0 saturated heterocycles. The molecule has 94 valence electrons. The maximum Gasteiger partial charge on any atom is 0.0621 e. The Hall–Kier alpha value is -0.770. The van der Waals surface area contributed by atoms with E-state index in [0.717, 1.165) is 18.8 Å². The molecular weight excluding hydrogens is 206 g/mol. The van der Waals surface area contributed by atoms with Gasteiger partial charge in [0, 0.05) is 6.42 Å². The third-order valence-electron chi connectivity index (χ3n) is 5.59. The van der Waals surface area contributed by atoms with Crippen molar-refractivity contribution in [2.45, 2.75) is 66.2 Å². The molecule has 2 aliphatic carbocycles. The molecule has 0 bridgehead atoms. The first-order valence-corrected chi connectivity index (χ1v) is 6.98. The molecule has 0 heterocycles. The molecule has 1 saturated carbocycles. The van der Waals surface area contributed by atoms with Crippen molar-refractivity contribution in [2.75, 3.05) is 0 Å². The van der Waals surface area contributed by atoms with Gasteiger partial charge in [-0.25, -0.2) is 0 Å². The quantitative estimate of drug-likeness (QED) is 0.624. The standard InChI is InChI=1S/C16H25N/c1-12-13-6-10-16(4,8-5-11-17)14(13)7-9-15(12,2)3/h14H,5-10H2,1-4H3/t14-,16+/m1/s1. The summed E-state index contributed by atoms with van der Waals surface area (Å²) < 4.78 is 0. The van der Waals surface area contributed by atoms with Crippen molar-refractivity contribution < 1.29 is 0 Å². The van der Waals surface area contributed by atoms with Crippen molar-refractivity contribution in [3.8, 4) is 6.07 Å². The lowest BCUT2D eigenvalue weighted by molar-refractivity contribution is 0.186. The molecule has 0 spiro atoms. The van der Waals surface area contributed by atoms with E-state index < -0.39 is 0 Å². The highest BCUT2D eigenvalue weighted by molar-refractivity contribution is 5.29. The van der Waals surface area contributed by atoms with Gasteiger partial charge in [-0.15, -0.1) is 0 Å². The van der Waals surface area contributed by atoms with Gasteiger partial charge >= 0.3 is 0 Å². The normalized spacial score (nSPS) is 35.6. The van der Waals surface area contributed by atoms with Crippen molar-refractivity contribution >= 4 is 0 Å². The van der Waals surface area contributed by atoms with E-state index in [2.05, 4.69) is 33.8 Å². The fourth-order valence-electron chi connectivity index (χ4n) is 3.93. The maximum absolute atomic E-state index is 8.81. The van der Waals surface area contributed by atoms with Crippen LogP contribution in [-0.4, -0.2) is 0 Å². The first-order valence-electron chi connectivity index (χ1n) is 6.98. The second-order valence-corrected chi connectivity index (χ2v) is 6.94. The molecule has 2 aliphatic rings. The van der Waals surface area contributed by atoms with Crippen LogP contribution in [0.2, 0.25) is 0 Å². The predicted octanol–water partition coefficient (Wildman–Crippen LogP) is 4.84. The van der Waals surface area contributed by atoms with E-state index >= 15 is 0 Å². The fourth-order valence-corrected chi connectivity index (χ4v) is 3.93. The molecule has 17 heavy (non-hydrogen) atoms. The van der Waals surface area contributed by atoms with Gasteiger partial charge in [-0.3, -0.25) is 0 Å². The SMILES string of the molecule is CC1=C2CC[C@](C)(CCC#N)[C@@H]2CCC1(C)C. The Labute approximate surface area is 106 Å². The minimum Gasteiger partial charge on any atom is -0.198 e. The summed E-state index contributed by atoms with van der Waals surface area (Å²) in [5, 5.41) is 8.81. The van der Waals surface area contributed by atoms with Crippen LogP contribution < -0.4 is 0 Å². The minimum atomic E-state index is 0.406. The molecule has 0 aromatic heterocycles. The zero-order valence-corrected chi connectivity index (χ0v) is 11.8. The van der Waals surface area contributed by atoms with E-state index in [9.17, 15) is 0 Å². The molecule has 1 heteroatoms. The molecule has 0 N–H and O–H groups in total. The van der Waals surface area contributed by atoms with Crippen molar-refractivity contribution in [3.05, 3.63) is 11.1 Å². The van der Waals surface area contributed by atoms with Crippen molar-refractivity contribution in [2.24, 2.45) is 16.7 Å². The minimum absolute atomic E-state index is 0.406. The van der Waals surface area contributed by atoms with Gasteiger partial charge in [-0.1, -0.05) is 31.9 Å². The van der Waals surface area contributed by atoms with Gasteiger partial charge in [0.15, 0.2) is 0 Å². The van der Waals surface area contributed by atoms with Gasteiger partial charge in [0.1, 0.15) is 0 Å². The fraction of sp³-hybridized carbons (Fsp3) is 0.812. The summed E-state index contributed by atoms with van der Waals surface area (Å²) >= 11 is 0. The topological polar surface area (TPSA) is 23.8 Å². The summed E-state index contributed by atoms with van der Waals surface area (Å²) in [6.45, 7) is 9.53. The average molecular weight is 231 g/mol. The molecular formula is C16H25N. The number of hydrogen-bond donors (Lipinski definition) is 0. The molecule has 0 aliphatic heterocycles. The van der Waals surface area contributed by atoms with Crippen LogP contribution in [-0.2, 0) is 0 Å². The lowest BCUT2D eigenvalue weighted by Gasteiger charge is -2.41. The third-order valence-corrected chi connectivity index (χ3v) is 5.59. The average Bonchev–Trinajstić information content (AvgIpc) is 2.60. The van der Waals surface area contributed by atoms with Crippen LogP contribution in [0.3, 0.4) is 0 Å². The summed E-state index contributed by atoms with van der Waals surface area (Å²) in [5.41, 5.74) is 4.20. The van der Waals surface area contributed by atoms with E-state index in [1.807, 2.05) is 0 Å². The van der Waals surface area contributed by atoms with E-state index in [4.69, 9.17) is 5.26 Å². The molecule has 1 nitrogen and oxygen atoms in total. The van der Waals surface area contributed by atoms with Gasteiger partial charge in [-0.05, 0) is 55.8 Å². The van der Waals surface area contributed by atoms with Gasteiger partial charge in [-0.2, -0.15) is 5.26 Å². The second kappa shape index (κ2) is 4.16. The number of fused-ring (bicyclic) bond motifs is 1. The van der Waals surface area contributed by atoms with Crippen LogP contribution >= 0.6 is 0 Å². The van der Waals surface area contributed by atoms with Gasteiger partial charge in [0.25, 0.3) is 0 Å². The van der Waals surface area contributed by atoms with E-state index in [0.29, 0.717) is 10.8 Å². The number of nitrogens with zero attached hydrogens (tertiary/aromatic N) is 1. The smallest absolute Gasteiger partial charge is 0.0621 e. The predicted molar refractivity (Wildman–Crippen MR) is 71.4 cm³/mol. The molecule has 0 radical (unpaired) electrons. The van der Waals surface area contributed by atoms with Crippen LogP contribution in [0.15, 0.2) is 11.1 Å². The number of rotatable bonds is 2. The first-order chi connectivity index (χ1) is 7.91. The summed E-state index contributed by atoms with van der Waals surface area (Å²) in [6.07, 6.45) is 7.04. The number of nitriles is 1. The lowest BCUT2D eigenvalue weighted by atomic mass is 9.64. The van der Waals surface area contributed by atoms with E-state index in [1.54, 1.807) is 11.1 Å². The Balaban J connectivity index is 2.27. The van der Waals surface area contributed by atoms with Crippen molar-refractivity contribution in [3.63, 3.8) is 0 Å². The van der Waals surface area contributed by atoms with Crippen LogP contribution in [0, 0.1) is 28.1 Å². The summed E-state index contributed by atoms with van der Waals surface area (Å²) in [4.78, 5) is 0. The highest BCUT2D eigenvalue weighted by Gasteiger charge is 2.46. The zero-order chi connectivity index (χ0) is 12.7. The van der Waals surface area contributed by atoms with Gasteiger partial charge in [0.2, 0.25) is 0 Å². The molecule has 2 rings (SSSR count). The van der Waals surface area contributed by atoms with Crippen LogP contribution in [0.1, 0.15) is 66.2 Å². The molecule has 0 aromatic carbocycles. The van der Waals surface area contributed by atoms with Gasteiger partial charge in [0.05, 0.1) is 6.07 Å². The van der Waals surface area contributed by atoms with Crippen molar-refractivity contribution in [1.82, 2.24) is 0 Å². The Morgan fingerprint density at radius 1 is 1.29 bits per heavy atom. The highest BCUT2D eigenvalue weighted by Crippen LogP contribution is 2.57. The Kier molecular flexibility index (Phi) is 3.10. The Morgan fingerprint density at radius 3 is 2.65 bits per heavy atom. The molecule has 2 atom stereocenters. The molecule has 0 aromatic rings. The Morgan fingerprint density at radius 2 is 2.00 bits per heavy atom. The monoisotopic (exact) mass is 231 g/mol. The third kappa shape index (κ3) is 2.03. The summed E-state index contributed by atoms with van der Waals surface area (Å²) in [6, 6.07) is 2.33. The Bertz CT molecular complexity index is 383. The number of hydrogen-bond acceptors (Lipinski definition) is 1.